The zero-order valence-corrected chi connectivity index (χ0v) is 9.84. The second-order valence-electron chi connectivity index (χ2n) is 6.26. The van der Waals surface area contributed by atoms with Crippen LogP contribution in [-0.4, -0.2) is 37.6 Å². The van der Waals surface area contributed by atoms with Crippen molar-refractivity contribution in [2.75, 3.05) is 32.7 Å². The first-order valence-corrected chi connectivity index (χ1v) is 5.98. The molecule has 0 aromatic carbocycles. The third-order valence-corrected chi connectivity index (χ3v) is 3.49. The van der Waals surface area contributed by atoms with Crippen molar-refractivity contribution in [3.8, 4) is 0 Å². The lowest BCUT2D eigenvalue weighted by Gasteiger charge is -2.37. The van der Waals surface area contributed by atoms with Gasteiger partial charge in [-0.25, -0.2) is 0 Å². The number of likely N-dealkylation sites (tertiary alicyclic amines) is 1. The highest BCUT2D eigenvalue weighted by atomic mass is 15.2. The van der Waals surface area contributed by atoms with Crippen LogP contribution >= 0.6 is 0 Å². The summed E-state index contributed by atoms with van der Waals surface area (Å²) < 4.78 is 0. The van der Waals surface area contributed by atoms with E-state index < -0.39 is 0 Å². The van der Waals surface area contributed by atoms with Gasteiger partial charge in [-0.15, -0.1) is 0 Å². The molecule has 0 radical (unpaired) electrons. The predicted octanol–water partition coefficient (Wildman–Crippen LogP) is 1.57. The van der Waals surface area contributed by atoms with Crippen LogP contribution in [-0.2, 0) is 0 Å². The average Bonchev–Trinajstić information content (AvgIpc) is 2.47. The van der Waals surface area contributed by atoms with Crippen molar-refractivity contribution >= 4 is 0 Å². The van der Waals surface area contributed by atoms with E-state index in [0.29, 0.717) is 5.41 Å². The van der Waals surface area contributed by atoms with Crippen LogP contribution in [0.4, 0.5) is 0 Å². The van der Waals surface area contributed by atoms with Gasteiger partial charge in [0.05, 0.1) is 0 Å². The Morgan fingerprint density at radius 2 is 1.93 bits per heavy atom. The first kappa shape index (κ1) is 10.4. The highest BCUT2D eigenvalue weighted by Gasteiger charge is 2.33. The lowest BCUT2D eigenvalue weighted by Crippen LogP contribution is -2.43. The molecule has 82 valence electrons. The minimum atomic E-state index is 0.457. The second-order valence-corrected chi connectivity index (χ2v) is 6.26. The molecule has 2 rings (SSSR count). The van der Waals surface area contributed by atoms with Crippen molar-refractivity contribution in [2.45, 2.75) is 27.2 Å². The van der Waals surface area contributed by atoms with Crippen molar-refractivity contribution in [1.29, 1.82) is 0 Å². The number of piperidine rings is 1. The summed E-state index contributed by atoms with van der Waals surface area (Å²) in [7, 11) is 0. The Kier molecular flexibility index (Phi) is 2.85. The lowest BCUT2D eigenvalue weighted by molar-refractivity contribution is 0.110. The first-order chi connectivity index (χ1) is 6.54. The van der Waals surface area contributed by atoms with E-state index >= 15 is 0 Å². The standard InChI is InChI=1S/C12H24N2/c1-12(2,3)9-14-5-4-10-6-13-7-11(10)8-14/h10-11,13H,4-9H2,1-3H3. The molecule has 0 aliphatic carbocycles. The quantitative estimate of drug-likeness (QED) is 0.685. The first-order valence-electron chi connectivity index (χ1n) is 5.98. The maximum atomic E-state index is 3.52. The van der Waals surface area contributed by atoms with E-state index in [4.69, 9.17) is 0 Å². The van der Waals surface area contributed by atoms with E-state index in [9.17, 15) is 0 Å². The molecule has 2 saturated heterocycles. The maximum absolute atomic E-state index is 3.52. The minimum absolute atomic E-state index is 0.457. The summed E-state index contributed by atoms with van der Waals surface area (Å²) in [6, 6.07) is 0. The van der Waals surface area contributed by atoms with E-state index in [-0.39, 0.29) is 0 Å². The smallest absolute Gasteiger partial charge is 0.00302 e. The fourth-order valence-electron chi connectivity index (χ4n) is 2.92. The van der Waals surface area contributed by atoms with Crippen LogP contribution in [0.5, 0.6) is 0 Å². The molecule has 2 atom stereocenters. The molecular weight excluding hydrogens is 172 g/mol. The molecule has 0 aromatic rings. The molecule has 0 saturated carbocycles. The van der Waals surface area contributed by atoms with E-state index in [1.165, 1.54) is 39.1 Å². The molecule has 2 aliphatic rings. The third-order valence-electron chi connectivity index (χ3n) is 3.49. The molecule has 2 heteroatoms. The Morgan fingerprint density at radius 1 is 1.21 bits per heavy atom. The summed E-state index contributed by atoms with van der Waals surface area (Å²) in [6.45, 7) is 13.5. The van der Waals surface area contributed by atoms with Crippen LogP contribution in [0, 0.1) is 17.3 Å². The van der Waals surface area contributed by atoms with E-state index in [0.717, 1.165) is 11.8 Å². The number of nitrogens with one attached hydrogen (secondary N) is 1. The highest BCUT2D eigenvalue weighted by molar-refractivity contribution is 4.88. The highest BCUT2D eigenvalue weighted by Crippen LogP contribution is 2.28. The summed E-state index contributed by atoms with van der Waals surface area (Å²) in [6.07, 6.45) is 1.41. The summed E-state index contributed by atoms with van der Waals surface area (Å²) in [5, 5.41) is 3.52. The molecule has 2 heterocycles. The Hall–Kier alpha value is -0.0800. The number of nitrogens with zero attached hydrogens (tertiary/aromatic N) is 1. The van der Waals surface area contributed by atoms with Crippen LogP contribution in [0.2, 0.25) is 0 Å². The second kappa shape index (κ2) is 3.82. The van der Waals surface area contributed by atoms with Crippen molar-refractivity contribution < 1.29 is 0 Å². The molecule has 2 unspecified atom stereocenters. The van der Waals surface area contributed by atoms with Crippen LogP contribution in [0.25, 0.3) is 0 Å². The van der Waals surface area contributed by atoms with Crippen molar-refractivity contribution in [1.82, 2.24) is 10.2 Å². The zero-order valence-electron chi connectivity index (χ0n) is 9.84. The number of fused-ring (bicyclic) bond motifs is 1. The largest absolute Gasteiger partial charge is 0.316 e. The summed E-state index contributed by atoms with van der Waals surface area (Å²) >= 11 is 0. The minimum Gasteiger partial charge on any atom is -0.316 e. The third kappa shape index (κ3) is 2.48. The number of hydrogen-bond acceptors (Lipinski definition) is 2. The normalized spacial score (nSPS) is 34.5. The van der Waals surface area contributed by atoms with Crippen molar-refractivity contribution in [3.05, 3.63) is 0 Å². The summed E-state index contributed by atoms with van der Waals surface area (Å²) in [5.74, 6) is 1.91. The monoisotopic (exact) mass is 196 g/mol. The molecule has 14 heavy (non-hydrogen) atoms. The van der Waals surface area contributed by atoms with E-state index in [1.807, 2.05) is 0 Å². The predicted molar refractivity (Wildman–Crippen MR) is 60.4 cm³/mol. The van der Waals surface area contributed by atoms with E-state index in [2.05, 4.69) is 31.0 Å². The molecule has 1 N–H and O–H groups in total. The van der Waals surface area contributed by atoms with Gasteiger partial charge in [0.15, 0.2) is 0 Å². The van der Waals surface area contributed by atoms with Crippen molar-refractivity contribution in [3.63, 3.8) is 0 Å². The maximum Gasteiger partial charge on any atom is 0.00302 e. The molecule has 2 nitrogen and oxygen atoms in total. The molecular formula is C12H24N2. The van der Waals surface area contributed by atoms with Gasteiger partial charge in [0.25, 0.3) is 0 Å². The fraction of sp³-hybridized carbons (Fsp3) is 1.00. The molecule has 0 spiro atoms. The van der Waals surface area contributed by atoms with Gasteiger partial charge in [-0.05, 0) is 43.3 Å². The van der Waals surface area contributed by atoms with Crippen LogP contribution in [0.1, 0.15) is 27.2 Å². The molecule has 2 aliphatic heterocycles. The average molecular weight is 196 g/mol. The molecule has 0 amide bonds. The van der Waals surface area contributed by atoms with Crippen molar-refractivity contribution in [2.24, 2.45) is 17.3 Å². The Labute approximate surface area is 88.1 Å². The van der Waals surface area contributed by atoms with Gasteiger partial charge in [0.1, 0.15) is 0 Å². The lowest BCUT2D eigenvalue weighted by atomic mass is 9.87. The molecule has 2 fully saturated rings. The molecule has 0 aromatic heterocycles. The van der Waals surface area contributed by atoms with Gasteiger partial charge in [0.2, 0.25) is 0 Å². The van der Waals surface area contributed by atoms with Crippen LogP contribution in [0.15, 0.2) is 0 Å². The molecule has 0 bridgehead atoms. The van der Waals surface area contributed by atoms with E-state index in [1.54, 1.807) is 0 Å². The Balaban J connectivity index is 1.85. The Bertz CT molecular complexity index is 195. The summed E-state index contributed by atoms with van der Waals surface area (Å²) in [5.41, 5.74) is 0.457. The van der Waals surface area contributed by atoms with Gasteiger partial charge in [-0.2, -0.15) is 0 Å². The van der Waals surface area contributed by atoms with Gasteiger partial charge in [0, 0.05) is 13.1 Å². The fourth-order valence-corrected chi connectivity index (χ4v) is 2.92. The zero-order chi connectivity index (χ0) is 10.2. The summed E-state index contributed by atoms with van der Waals surface area (Å²) in [4.78, 5) is 2.66. The van der Waals surface area contributed by atoms with Gasteiger partial charge < -0.3 is 10.2 Å². The number of rotatable bonds is 1. The van der Waals surface area contributed by atoms with Gasteiger partial charge >= 0.3 is 0 Å². The van der Waals surface area contributed by atoms with Gasteiger partial charge in [-0.3, -0.25) is 0 Å². The SMILES string of the molecule is CC(C)(C)CN1CCC2CNCC2C1. The van der Waals surface area contributed by atoms with Crippen LogP contribution < -0.4 is 5.32 Å². The van der Waals surface area contributed by atoms with Crippen LogP contribution in [0.3, 0.4) is 0 Å². The topological polar surface area (TPSA) is 15.3 Å². The number of hydrogen-bond donors (Lipinski definition) is 1. The van der Waals surface area contributed by atoms with Gasteiger partial charge in [-0.1, -0.05) is 20.8 Å². The Morgan fingerprint density at radius 3 is 2.64 bits per heavy atom.